The van der Waals surface area contributed by atoms with Crippen LogP contribution in [0.3, 0.4) is 0 Å². The van der Waals surface area contributed by atoms with Gasteiger partial charge in [-0.15, -0.1) is 0 Å². The Labute approximate surface area is 272 Å². The molecule has 0 radical (unpaired) electrons. The molecule has 2 N–H and O–H groups in total. The molecule has 3 aromatic carbocycles. The molecule has 13 heteroatoms. The normalized spacial score (nSPS) is 15.3. The van der Waals surface area contributed by atoms with Crippen LogP contribution in [-0.4, -0.2) is 41.2 Å². The van der Waals surface area contributed by atoms with Crippen molar-refractivity contribution >= 4 is 70.8 Å². The van der Waals surface area contributed by atoms with E-state index >= 15 is 0 Å². The number of amides is 1. The van der Waals surface area contributed by atoms with Gasteiger partial charge >= 0.3 is 0 Å². The zero-order chi connectivity index (χ0) is 31.1. The molecule has 9 nitrogen and oxygen atoms in total. The van der Waals surface area contributed by atoms with Crippen LogP contribution in [0.15, 0.2) is 79.3 Å². The predicted octanol–water partition coefficient (Wildman–Crippen LogP) is 6.24. The number of fused-ring (bicyclic) bond motifs is 1. The Bertz CT molecular complexity index is 1880. The van der Waals surface area contributed by atoms with Crippen LogP contribution < -0.4 is 15.6 Å². The zero-order valence-corrected chi connectivity index (χ0v) is 28.4. The Morgan fingerprint density at radius 1 is 1.05 bits per heavy atom. The standard InChI is InChI=1S/C30H30Br2ClN5O4S/c1-18-15-22-23(25(32)11-10-24(22)31)17-37(18)14-13-28(39)34-20-9-12-26(33)27(16-20)43(41,42)35-29-19(2)36(3)38(30(29)40)21-7-5-4-6-8-21/h4-12,16,18,35H,13-15,17H2,1-3H3,(H,34,39). The number of anilines is 2. The fraction of sp³-hybridized carbons (Fsp3) is 0.267. The molecule has 1 unspecified atom stereocenters. The maximum atomic E-state index is 13.5. The number of carbonyl (C=O) groups excluding carboxylic acids is 1. The molecular weight excluding hydrogens is 722 g/mol. The van der Waals surface area contributed by atoms with Gasteiger partial charge in [-0.1, -0.05) is 61.7 Å². The Morgan fingerprint density at radius 3 is 2.42 bits per heavy atom. The summed E-state index contributed by atoms with van der Waals surface area (Å²) in [5, 5.41) is 2.75. The average molecular weight is 752 g/mol. The third-order valence-corrected chi connectivity index (χ3v) is 11.0. The van der Waals surface area contributed by atoms with Crippen LogP contribution in [0, 0.1) is 6.92 Å². The molecule has 1 aliphatic heterocycles. The highest BCUT2D eigenvalue weighted by molar-refractivity contribution is 9.11. The van der Waals surface area contributed by atoms with Crippen molar-refractivity contribution in [1.82, 2.24) is 14.3 Å². The number of aromatic nitrogens is 2. The topological polar surface area (TPSA) is 105 Å². The van der Waals surface area contributed by atoms with Crippen molar-refractivity contribution in [3.05, 3.63) is 102 Å². The Kier molecular flexibility index (Phi) is 9.24. The van der Waals surface area contributed by atoms with Gasteiger partial charge < -0.3 is 5.32 Å². The summed E-state index contributed by atoms with van der Waals surface area (Å²) in [7, 11) is -2.61. The Hall–Kier alpha value is -2.90. The third-order valence-electron chi connectivity index (χ3n) is 7.72. The van der Waals surface area contributed by atoms with Gasteiger partial charge in [-0.2, -0.15) is 0 Å². The van der Waals surface area contributed by atoms with E-state index in [9.17, 15) is 18.0 Å². The van der Waals surface area contributed by atoms with E-state index in [0.717, 1.165) is 15.4 Å². The van der Waals surface area contributed by atoms with Crippen molar-refractivity contribution < 1.29 is 13.2 Å². The van der Waals surface area contributed by atoms with Crippen molar-refractivity contribution in [1.29, 1.82) is 0 Å². The molecule has 0 bridgehead atoms. The zero-order valence-electron chi connectivity index (χ0n) is 23.7. The summed E-state index contributed by atoms with van der Waals surface area (Å²) in [5.41, 5.74) is 3.16. The molecule has 2 heterocycles. The van der Waals surface area contributed by atoms with Gasteiger partial charge in [-0.25, -0.2) is 13.1 Å². The molecule has 0 saturated heterocycles. The smallest absolute Gasteiger partial charge is 0.296 e. The van der Waals surface area contributed by atoms with E-state index in [1.165, 1.54) is 27.9 Å². The summed E-state index contributed by atoms with van der Waals surface area (Å²) in [6.45, 7) is 5.03. The first-order valence-corrected chi connectivity index (χ1v) is 17.0. The number of nitrogens with zero attached hydrogens (tertiary/aromatic N) is 3. The van der Waals surface area contributed by atoms with Crippen molar-refractivity contribution in [2.45, 2.75) is 44.2 Å². The highest BCUT2D eigenvalue weighted by Crippen LogP contribution is 2.34. The molecule has 1 amide bonds. The fourth-order valence-corrected chi connectivity index (χ4v) is 7.91. The lowest BCUT2D eigenvalue weighted by atomic mass is 9.94. The number of carbonyl (C=O) groups is 1. The second-order valence-electron chi connectivity index (χ2n) is 10.5. The van der Waals surface area contributed by atoms with E-state index in [1.54, 1.807) is 49.0 Å². The van der Waals surface area contributed by atoms with Gasteiger partial charge in [0.05, 0.1) is 16.4 Å². The predicted molar refractivity (Wildman–Crippen MR) is 177 cm³/mol. The summed E-state index contributed by atoms with van der Waals surface area (Å²) in [6, 6.07) is 17.5. The number of para-hydroxylation sites is 1. The second kappa shape index (κ2) is 12.6. The minimum Gasteiger partial charge on any atom is -0.326 e. The van der Waals surface area contributed by atoms with Gasteiger partial charge in [0.25, 0.3) is 15.6 Å². The van der Waals surface area contributed by atoms with E-state index in [-0.39, 0.29) is 39.7 Å². The van der Waals surface area contributed by atoms with Gasteiger partial charge in [0, 0.05) is 47.2 Å². The molecule has 0 saturated carbocycles. The first-order valence-electron chi connectivity index (χ1n) is 13.5. The molecule has 4 aromatic rings. The maximum absolute atomic E-state index is 13.5. The number of halogens is 3. The van der Waals surface area contributed by atoms with Crippen LogP contribution in [0.1, 0.15) is 30.2 Å². The molecule has 226 valence electrons. The Balaban J connectivity index is 1.30. The molecule has 1 aliphatic rings. The largest absolute Gasteiger partial charge is 0.326 e. The SMILES string of the molecule is Cc1c(NS(=O)(=O)c2cc(NC(=O)CCN3Cc4c(Br)ccc(Br)c4CC3C)ccc2Cl)c(=O)n(-c2ccccc2)n1C. The summed E-state index contributed by atoms with van der Waals surface area (Å²) in [4.78, 5) is 28.2. The van der Waals surface area contributed by atoms with Gasteiger partial charge in [-0.05, 0) is 73.9 Å². The van der Waals surface area contributed by atoms with Gasteiger partial charge in [0.15, 0.2) is 0 Å². The molecule has 5 rings (SSSR count). The lowest BCUT2D eigenvalue weighted by molar-refractivity contribution is -0.116. The third kappa shape index (κ3) is 6.48. The molecule has 0 fully saturated rings. The maximum Gasteiger partial charge on any atom is 0.296 e. The highest BCUT2D eigenvalue weighted by atomic mass is 79.9. The summed E-state index contributed by atoms with van der Waals surface area (Å²) < 4.78 is 34.4. The highest BCUT2D eigenvalue weighted by Gasteiger charge is 2.27. The Morgan fingerprint density at radius 2 is 1.72 bits per heavy atom. The minimum absolute atomic E-state index is 0.0417. The monoisotopic (exact) mass is 749 g/mol. The number of rotatable bonds is 8. The van der Waals surface area contributed by atoms with Crippen LogP contribution in [-0.2, 0) is 34.8 Å². The van der Waals surface area contributed by atoms with Crippen LogP contribution in [0.4, 0.5) is 11.4 Å². The molecule has 43 heavy (non-hydrogen) atoms. The average Bonchev–Trinajstić information content (AvgIpc) is 3.18. The van der Waals surface area contributed by atoms with Crippen LogP contribution >= 0.6 is 43.5 Å². The van der Waals surface area contributed by atoms with Gasteiger partial charge in [0.2, 0.25) is 5.91 Å². The number of hydrogen-bond acceptors (Lipinski definition) is 5. The fourth-order valence-electron chi connectivity index (χ4n) is 5.24. The van der Waals surface area contributed by atoms with Crippen LogP contribution in [0.25, 0.3) is 5.69 Å². The second-order valence-corrected chi connectivity index (χ2v) is 14.3. The van der Waals surface area contributed by atoms with Gasteiger partial charge in [-0.3, -0.25) is 23.9 Å². The minimum atomic E-state index is -4.28. The van der Waals surface area contributed by atoms with Crippen molar-refractivity contribution in [2.24, 2.45) is 7.05 Å². The van der Waals surface area contributed by atoms with E-state index in [4.69, 9.17) is 11.6 Å². The van der Waals surface area contributed by atoms with Crippen molar-refractivity contribution in [2.75, 3.05) is 16.6 Å². The van der Waals surface area contributed by atoms with Crippen molar-refractivity contribution in [3.63, 3.8) is 0 Å². The molecule has 0 aliphatic carbocycles. The van der Waals surface area contributed by atoms with Crippen molar-refractivity contribution in [3.8, 4) is 5.69 Å². The molecule has 1 aromatic heterocycles. The quantitative estimate of drug-likeness (QED) is 0.222. The number of nitrogens with one attached hydrogen (secondary N) is 2. The lowest BCUT2D eigenvalue weighted by Crippen LogP contribution is -2.40. The number of benzene rings is 3. The van der Waals surface area contributed by atoms with E-state index in [2.05, 4.69) is 53.7 Å². The van der Waals surface area contributed by atoms with Crippen LogP contribution in [0.5, 0.6) is 0 Å². The van der Waals surface area contributed by atoms with E-state index < -0.39 is 15.6 Å². The summed E-state index contributed by atoms with van der Waals surface area (Å²) in [6.07, 6.45) is 1.08. The summed E-state index contributed by atoms with van der Waals surface area (Å²) >= 11 is 13.6. The lowest BCUT2D eigenvalue weighted by Gasteiger charge is -2.35. The van der Waals surface area contributed by atoms with E-state index in [0.29, 0.717) is 24.5 Å². The van der Waals surface area contributed by atoms with Crippen LogP contribution in [0.2, 0.25) is 5.02 Å². The van der Waals surface area contributed by atoms with E-state index in [1.807, 2.05) is 18.2 Å². The number of sulfonamides is 1. The van der Waals surface area contributed by atoms with Gasteiger partial charge in [0.1, 0.15) is 10.6 Å². The summed E-state index contributed by atoms with van der Waals surface area (Å²) in [5.74, 6) is -0.255. The first-order chi connectivity index (χ1) is 20.4. The molecule has 0 spiro atoms. The molecule has 1 atom stereocenters. The molecular formula is C30H30Br2ClN5O4S. The number of hydrogen-bond donors (Lipinski definition) is 2. The first kappa shape index (κ1) is 31.5.